The summed E-state index contributed by atoms with van der Waals surface area (Å²) in [5.41, 5.74) is 0.534. The Bertz CT molecular complexity index is 476. The Morgan fingerprint density at radius 1 is 1.37 bits per heavy atom. The van der Waals surface area contributed by atoms with E-state index in [1.54, 1.807) is 23.1 Å². The van der Waals surface area contributed by atoms with Crippen LogP contribution in [0.15, 0.2) is 24.3 Å². The first-order valence-electron chi connectivity index (χ1n) is 6.61. The van der Waals surface area contributed by atoms with Crippen molar-refractivity contribution in [3.05, 3.63) is 35.6 Å². The van der Waals surface area contributed by atoms with Crippen LogP contribution >= 0.6 is 0 Å². The number of benzene rings is 1. The zero-order chi connectivity index (χ0) is 13.2. The molecule has 2 aliphatic rings. The lowest BCUT2D eigenvalue weighted by Gasteiger charge is -2.37. The second-order valence-electron chi connectivity index (χ2n) is 5.02. The van der Waals surface area contributed by atoms with Crippen LogP contribution in [0.5, 0.6) is 0 Å². The normalized spacial score (nSPS) is 24.1. The van der Waals surface area contributed by atoms with Gasteiger partial charge in [0.25, 0.3) is 0 Å². The number of hydrogen-bond donors (Lipinski definition) is 1. The molecule has 1 aromatic carbocycles. The second kappa shape index (κ2) is 5.27. The Labute approximate surface area is 111 Å². The molecule has 0 saturated carbocycles. The second-order valence-corrected chi connectivity index (χ2v) is 5.02. The highest BCUT2D eigenvalue weighted by atomic mass is 19.1. The Morgan fingerprint density at radius 2 is 2.16 bits per heavy atom. The van der Waals surface area contributed by atoms with E-state index >= 15 is 0 Å². The summed E-state index contributed by atoms with van der Waals surface area (Å²) in [6, 6.07) is 6.59. The fourth-order valence-corrected chi connectivity index (χ4v) is 2.50. The molecule has 0 radical (unpaired) electrons. The Hall–Kier alpha value is -1.46. The minimum atomic E-state index is -0.355. The molecule has 1 unspecified atom stereocenters. The van der Waals surface area contributed by atoms with Gasteiger partial charge in [-0.2, -0.15) is 0 Å². The molecule has 2 fully saturated rings. The minimum Gasteiger partial charge on any atom is -0.370 e. The maximum Gasteiger partial charge on any atom is 0.228 e. The van der Waals surface area contributed by atoms with Crippen LogP contribution in [0.3, 0.4) is 0 Å². The number of morpholine rings is 1. The largest absolute Gasteiger partial charge is 0.370 e. The smallest absolute Gasteiger partial charge is 0.228 e. The quantitative estimate of drug-likeness (QED) is 0.864. The Balaban J connectivity index is 1.71. The number of carbonyl (C=O) groups excluding carboxylic acids is 1. The van der Waals surface area contributed by atoms with Crippen LogP contribution in [-0.2, 0) is 9.53 Å². The minimum absolute atomic E-state index is 0.0828. The molecule has 0 aromatic heterocycles. The molecule has 2 heterocycles. The van der Waals surface area contributed by atoms with Crippen LogP contribution in [0, 0.1) is 11.7 Å². The van der Waals surface area contributed by atoms with Gasteiger partial charge < -0.3 is 15.0 Å². The molecular weight excluding hydrogens is 247 g/mol. The number of hydrogen-bond acceptors (Lipinski definition) is 3. The lowest BCUT2D eigenvalue weighted by molar-refractivity contribution is -0.145. The van der Waals surface area contributed by atoms with Crippen molar-refractivity contribution >= 4 is 5.91 Å². The van der Waals surface area contributed by atoms with E-state index in [4.69, 9.17) is 4.74 Å². The van der Waals surface area contributed by atoms with E-state index in [9.17, 15) is 9.18 Å². The van der Waals surface area contributed by atoms with Gasteiger partial charge in [-0.25, -0.2) is 4.39 Å². The molecule has 3 rings (SSSR count). The van der Waals surface area contributed by atoms with Crippen molar-refractivity contribution in [2.75, 3.05) is 32.8 Å². The fourth-order valence-electron chi connectivity index (χ4n) is 2.50. The number of carbonyl (C=O) groups is 1. The van der Waals surface area contributed by atoms with Gasteiger partial charge in [-0.15, -0.1) is 0 Å². The van der Waals surface area contributed by atoms with Gasteiger partial charge in [0.2, 0.25) is 5.91 Å². The van der Waals surface area contributed by atoms with E-state index in [-0.39, 0.29) is 23.7 Å². The highest BCUT2D eigenvalue weighted by molar-refractivity contribution is 5.80. The molecule has 1 atom stereocenters. The van der Waals surface area contributed by atoms with Crippen molar-refractivity contribution in [1.82, 2.24) is 10.2 Å². The van der Waals surface area contributed by atoms with Gasteiger partial charge in [0, 0.05) is 25.2 Å². The van der Waals surface area contributed by atoms with Gasteiger partial charge in [-0.05, 0) is 6.07 Å². The van der Waals surface area contributed by atoms with E-state index in [0.717, 1.165) is 13.1 Å². The van der Waals surface area contributed by atoms with Crippen LogP contribution < -0.4 is 5.32 Å². The molecule has 1 N–H and O–H groups in total. The molecule has 0 spiro atoms. The molecule has 5 heteroatoms. The number of nitrogens with zero attached hydrogens (tertiary/aromatic N) is 1. The number of amides is 1. The molecule has 19 heavy (non-hydrogen) atoms. The summed E-state index contributed by atoms with van der Waals surface area (Å²) in [6.45, 7) is 3.00. The van der Waals surface area contributed by atoms with Crippen molar-refractivity contribution in [2.45, 2.75) is 6.10 Å². The molecule has 2 aliphatic heterocycles. The zero-order valence-corrected chi connectivity index (χ0v) is 10.6. The number of nitrogens with one attached hydrogen (secondary N) is 1. The lowest BCUT2D eigenvalue weighted by Crippen LogP contribution is -2.54. The predicted molar refractivity (Wildman–Crippen MR) is 68.0 cm³/mol. The highest BCUT2D eigenvalue weighted by Crippen LogP contribution is 2.25. The van der Waals surface area contributed by atoms with Crippen molar-refractivity contribution in [3.8, 4) is 0 Å². The molecule has 1 amide bonds. The average Bonchev–Trinajstić information content (AvgIpc) is 2.37. The number of rotatable bonds is 2. The van der Waals surface area contributed by atoms with Crippen LogP contribution in [0.1, 0.15) is 11.7 Å². The molecule has 4 nitrogen and oxygen atoms in total. The Kier molecular flexibility index (Phi) is 3.48. The van der Waals surface area contributed by atoms with Crippen molar-refractivity contribution in [3.63, 3.8) is 0 Å². The van der Waals surface area contributed by atoms with Gasteiger partial charge >= 0.3 is 0 Å². The number of halogens is 1. The van der Waals surface area contributed by atoms with Crippen LogP contribution in [-0.4, -0.2) is 43.6 Å². The summed E-state index contributed by atoms with van der Waals surface area (Å²) in [7, 11) is 0. The van der Waals surface area contributed by atoms with Crippen molar-refractivity contribution < 1.29 is 13.9 Å². The third-order valence-corrected chi connectivity index (χ3v) is 3.76. The highest BCUT2D eigenvalue weighted by Gasteiger charge is 2.33. The van der Waals surface area contributed by atoms with E-state index < -0.39 is 0 Å². The molecule has 2 saturated heterocycles. The molecular formula is C14H17FN2O2. The predicted octanol–water partition coefficient (Wildman–Crippen LogP) is 0.945. The van der Waals surface area contributed by atoms with Gasteiger partial charge in [-0.1, -0.05) is 18.2 Å². The van der Waals surface area contributed by atoms with Crippen LogP contribution in [0.2, 0.25) is 0 Å². The summed E-state index contributed by atoms with van der Waals surface area (Å²) in [5.74, 6) is -0.0325. The van der Waals surface area contributed by atoms with E-state index in [0.29, 0.717) is 25.3 Å². The van der Waals surface area contributed by atoms with Crippen molar-refractivity contribution in [2.24, 2.45) is 5.92 Å². The maximum atomic E-state index is 13.7. The van der Waals surface area contributed by atoms with E-state index in [1.807, 2.05) is 0 Å². The lowest BCUT2D eigenvalue weighted by atomic mass is 10.0. The SMILES string of the molecule is O=C(C1CNC1)N1CCOC(c2ccccc2F)C1. The maximum absolute atomic E-state index is 13.7. The van der Waals surface area contributed by atoms with Gasteiger partial charge in [0.1, 0.15) is 11.9 Å². The summed E-state index contributed by atoms with van der Waals surface area (Å²) < 4.78 is 19.4. The first-order valence-corrected chi connectivity index (χ1v) is 6.61. The standard InChI is InChI=1S/C14H17FN2O2/c15-12-4-2-1-3-11(12)13-9-17(5-6-19-13)14(18)10-7-16-8-10/h1-4,10,13,16H,5-9H2. The third kappa shape index (κ3) is 2.48. The molecule has 1 aromatic rings. The summed E-state index contributed by atoms with van der Waals surface area (Å²) in [5, 5.41) is 3.09. The zero-order valence-electron chi connectivity index (χ0n) is 10.6. The van der Waals surface area contributed by atoms with Gasteiger partial charge in [0.15, 0.2) is 0 Å². The topological polar surface area (TPSA) is 41.6 Å². The summed E-state index contributed by atoms with van der Waals surface area (Å²) >= 11 is 0. The monoisotopic (exact) mass is 264 g/mol. The fraction of sp³-hybridized carbons (Fsp3) is 0.500. The average molecular weight is 264 g/mol. The molecule has 0 bridgehead atoms. The first kappa shape index (κ1) is 12.6. The number of ether oxygens (including phenoxy) is 1. The Morgan fingerprint density at radius 3 is 2.84 bits per heavy atom. The van der Waals surface area contributed by atoms with E-state index in [1.165, 1.54) is 6.07 Å². The van der Waals surface area contributed by atoms with E-state index in [2.05, 4.69) is 5.32 Å². The van der Waals surface area contributed by atoms with Gasteiger partial charge in [0.05, 0.1) is 19.1 Å². The first-order chi connectivity index (χ1) is 9.25. The van der Waals surface area contributed by atoms with Crippen LogP contribution in [0.25, 0.3) is 0 Å². The summed E-state index contributed by atoms with van der Waals surface area (Å²) in [4.78, 5) is 14.0. The molecule has 102 valence electrons. The van der Waals surface area contributed by atoms with Gasteiger partial charge in [-0.3, -0.25) is 4.79 Å². The third-order valence-electron chi connectivity index (χ3n) is 3.76. The van der Waals surface area contributed by atoms with Crippen molar-refractivity contribution in [1.29, 1.82) is 0 Å². The molecule has 0 aliphatic carbocycles. The van der Waals surface area contributed by atoms with Crippen LogP contribution in [0.4, 0.5) is 4.39 Å². The summed E-state index contributed by atoms with van der Waals surface area (Å²) in [6.07, 6.45) is -0.355.